The number of halogens is 1. The van der Waals surface area contributed by atoms with E-state index in [2.05, 4.69) is 15.9 Å². The van der Waals surface area contributed by atoms with Gasteiger partial charge in [-0.25, -0.2) is 12.7 Å². The number of alkyl halides is 1. The smallest absolute Gasteiger partial charge is 0.216 e. The molecule has 0 saturated carbocycles. The number of hydrogen-bond donors (Lipinski definition) is 0. The first-order chi connectivity index (χ1) is 6.40. The Hall–Kier alpha value is 0.350. The van der Waals surface area contributed by atoms with Crippen LogP contribution >= 0.6 is 15.9 Å². The Labute approximate surface area is 94.8 Å². The Morgan fingerprint density at radius 3 is 2.50 bits per heavy atom. The number of rotatable bonds is 7. The van der Waals surface area contributed by atoms with Crippen molar-refractivity contribution in [2.24, 2.45) is 0 Å². The van der Waals surface area contributed by atoms with E-state index in [9.17, 15) is 8.42 Å². The third-order valence-corrected chi connectivity index (χ3v) is 3.74. The molecule has 1 atom stereocenters. The van der Waals surface area contributed by atoms with Crippen molar-refractivity contribution >= 4 is 26.0 Å². The van der Waals surface area contributed by atoms with E-state index in [0.717, 1.165) is 0 Å². The zero-order valence-corrected chi connectivity index (χ0v) is 11.3. The summed E-state index contributed by atoms with van der Waals surface area (Å²) in [5.41, 5.74) is 0. The molecule has 0 radical (unpaired) electrons. The van der Waals surface area contributed by atoms with Gasteiger partial charge in [-0.3, -0.25) is 0 Å². The van der Waals surface area contributed by atoms with Crippen LogP contribution in [0.3, 0.4) is 0 Å². The van der Waals surface area contributed by atoms with E-state index in [1.54, 1.807) is 7.05 Å². The van der Waals surface area contributed by atoms with Crippen molar-refractivity contribution in [1.82, 2.24) is 4.31 Å². The number of ether oxygens (including phenoxy) is 1. The minimum absolute atomic E-state index is 0.0526. The second-order valence-electron chi connectivity index (χ2n) is 3.07. The van der Waals surface area contributed by atoms with Gasteiger partial charge in [-0.15, -0.1) is 0 Å². The average molecular weight is 288 g/mol. The average Bonchev–Trinajstić information content (AvgIpc) is 2.03. The Bertz CT molecular complexity index is 241. The molecule has 0 heterocycles. The molecule has 0 amide bonds. The van der Waals surface area contributed by atoms with Gasteiger partial charge in [0.1, 0.15) is 0 Å². The quantitative estimate of drug-likeness (QED) is 0.520. The van der Waals surface area contributed by atoms with Crippen LogP contribution in [0.25, 0.3) is 0 Å². The molecule has 0 aliphatic rings. The van der Waals surface area contributed by atoms with Crippen LogP contribution in [0.15, 0.2) is 0 Å². The lowest BCUT2D eigenvalue weighted by Gasteiger charge is -2.18. The molecule has 0 N–H and O–H groups in total. The van der Waals surface area contributed by atoms with Gasteiger partial charge in [-0.1, -0.05) is 22.9 Å². The minimum Gasteiger partial charge on any atom is -0.381 e. The van der Waals surface area contributed by atoms with Crippen LogP contribution in [0.5, 0.6) is 0 Å². The Balaban J connectivity index is 4.04. The zero-order valence-electron chi connectivity index (χ0n) is 8.86. The van der Waals surface area contributed by atoms with Gasteiger partial charge in [-0.2, -0.15) is 0 Å². The van der Waals surface area contributed by atoms with Gasteiger partial charge < -0.3 is 4.74 Å². The first-order valence-corrected chi connectivity index (χ1v) is 7.08. The summed E-state index contributed by atoms with van der Waals surface area (Å²) in [5.74, 6) is 0.0526. The summed E-state index contributed by atoms with van der Waals surface area (Å²) in [6.07, 6.45) is 0. The summed E-state index contributed by atoms with van der Waals surface area (Å²) in [5, 5.41) is 0. The molecule has 0 bridgehead atoms. The summed E-state index contributed by atoms with van der Waals surface area (Å²) in [6, 6.07) is 0. The highest BCUT2D eigenvalue weighted by molar-refractivity contribution is 9.09. The summed E-state index contributed by atoms with van der Waals surface area (Å²) in [4.78, 5) is 0.161. The molecule has 86 valence electrons. The fourth-order valence-corrected chi connectivity index (χ4v) is 2.65. The van der Waals surface area contributed by atoms with Crippen LogP contribution < -0.4 is 0 Å². The van der Waals surface area contributed by atoms with Crippen molar-refractivity contribution < 1.29 is 13.2 Å². The lowest BCUT2D eigenvalue weighted by Crippen LogP contribution is -2.34. The third kappa shape index (κ3) is 5.95. The molecular formula is C8H18BrNO3S. The van der Waals surface area contributed by atoms with Crippen molar-refractivity contribution in [3.05, 3.63) is 0 Å². The van der Waals surface area contributed by atoms with Crippen LogP contribution in [0.2, 0.25) is 0 Å². The van der Waals surface area contributed by atoms with Gasteiger partial charge in [-0.05, 0) is 6.92 Å². The van der Waals surface area contributed by atoms with Gasteiger partial charge in [0.25, 0.3) is 0 Å². The topological polar surface area (TPSA) is 46.6 Å². The number of sulfonamides is 1. The molecule has 0 aromatic heterocycles. The maximum absolute atomic E-state index is 11.6. The lowest BCUT2D eigenvalue weighted by molar-refractivity contribution is 0.162. The van der Waals surface area contributed by atoms with Crippen molar-refractivity contribution in [1.29, 1.82) is 0 Å². The van der Waals surface area contributed by atoms with E-state index in [1.807, 2.05) is 13.8 Å². The second kappa shape index (κ2) is 6.76. The maximum atomic E-state index is 11.6. The van der Waals surface area contributed by atoms with Gasteiger partial charge in [0.2, 0.25) is 10.0 Å². The maximum Gasteiger partial charge on any atom is 0.216 e. The Kier molecular flexibility index (Phi) is 6.93. The number of nitrogens with zero attached hydrogens (tertiary/aromatic N) is 1. The molecule has 0 spiro atoms. The molecule has 0 saturated heterocycles. The summed E-state index contributed by atoms with van der Waals surface area (Å²) >= 11 is 3.31. The van der Waals surface area contributed by atoms with E-state index in [1.165, 1.54) is 4.31 Å². The van der Waals surface area contributed by atoms with Crippen LogP contribution in [-0.4, -0.2) is 50.1 Å². The Morgan fingerprint density at radius 2 is 2.07 bits per heavy atom. The molecule has 4 nitrogen and oxygen atoms in total. The molecule has 14 heavy (non-hydrogen) atoms. The van der Waals surface area contributed by atoms with Crippen molar-refractivity contribution in [3.8, 4) is 0 Å². The molecule has 0 aromatic rings. The van der Waals surface area contributed by atoms with Crippen molar-refractivity contribution in [2.75, 3.05) is 32.6 Å². The minimum atomic E-state index is -3.15. The fourth-order valence-electron chi connectivity index (χ4n) is 0.932. The summed E-state index contributed by atoms with van der Waals surface area (Å²) < 4.78 is 29.5. The van der Waals surface area contributed by atoms with E-state index < -0.39 is 10.0 Å². The summed E-state index contributed by atoms with van der Waals surface area (Å²) in [6.45, 7) is 5.05. The van der Waals surface area contributed by atoms with Gasteiger partial charge in [0, 0.05) is 25.0 Å². The van der Waals surface area contributed by atoms with Gasteiger partial charge in [0.15, 0.2) is 0 Å². The predicted octanol–water partition coefficient (Wildman–Crippen LogP) is 1.07. The Morgan fingerprint density at radius 1 is 1.50 bits per heavy atom. The standard InChI is InChI=1S/C8H18BrNO3S/c1-4-13-5-6-14(11,12)10(3)7-8(2)9/h8H,4-7H2,1-3H3. The van der Waals surface area contributed by atoms with Gasteiger partial charge in [0.05, 0.1) is 12.4 Å². The van der Waals surface area contributed by atoms with E-state index in [0.29, 0.717) is 13.2 Å². The second-order valence-corrected chi connectivity index (χ2v) is 6.83. The van der Waals surface area contributed by atoms with Crippen LogP contribution in [-0.2, 0) is 14.8 Å². The highest BCUT2D eigenvalue weighted by Crippen LogP contribution is 2.05. The molecular weight excluding hydrogens is 270 g/mol. The predicted molar refractivity (Wildman–Crippen MR) is 61.3 cm³/mol. The first kappa shape index (κ1) is 14.3. The molecule has 0 aliphatic heterocycles. The zero-order chi connectivity index (χ0) is 11.2. The third-order valence-electron chi connectivity index (χ3n) is 1.67. The van der Waals surface area contributed by atoms with Crippen molar-refractivity contribution in [2.45, 2.75) is 18.7 Å². The van der Waals surface area contributed by atoms with Crippen LogP contribution in [0, 0.1) is 0 Å². The van der Waals surface area contributed by atoms with Gasteiger partial charge >= 0.3 is 0 Å². The normalized spacial score (nSPS) is 14.6. The number of hydrogen-bond acceptors (Lipinski definition) is 3. The van der Waals surface area contributed by atoms with Crippen molar-refractivity contribution in [3.63, 3.8) is 0 Å². The van der Waals surface area contributed by atoms with E-state index >= 15 is 0 Å². The van der Waals surface area contributed by atoms with E-state index in [-0.39, 0.29) is 17.2 Å². The van der Waals surface area contributed by atoms with Crippen LogP contribution in [0.4, 0.5) is 0 Å². The molecule has 1 unspecified atom stereocenters. The lowest BCUT2D eigenvalue weighted by atomic mass is 10.5. The highest BCUT2D eigenvalue weighted by Gasteiger charge is 2.18. The first-order valence-electron chi connectivity index (χ1n) is 4.56. The molecule has 0 aliphatic carbocycles. The molecule has 0 aromatic carbocycles. The van der Waals surface area contributed by atoms with Crippen LogP contribution in [0.1, 0.15) is 13.8 Å². The largest absolute Gasteiger partial charge is 0.381 e. The molecule has 0 fully saturated rings. The highest BCUT2D eigenvalue weighted by atomic mass is 79.9. The monoisotopic (exact) mass is 287 g/mol. The molecule has 0 rings (SSSR count). The summed E-state index contributed by atoms with van der Waals surface area (Å²) in [7, 11) is -1.57. The molecule has 6 heteroatoms. The fraction of sp³-hybridized carbons (Fsp3) is 1.00. The van der Waals surface area contributed by atoms with E-state index in [4.69, 9.17) is 4.74 Å². The SMILES string of the molecule is CCOCCS(=O)(=O)N(C)CC(C)Br.